The fourth-order valence-corrected chi connectivity index (χ4v) is 3.34. The zero-order chi connectivity index (χ0) is 20.2. The van der Waals surface area contributed by atoms with E-state index in [9.17, 15) is 18.5 Å². The number of rotatable bonds is 8. The molecule has 1 atom stereocenters. The van der Waals surface area contributed by atoms with Crippen molar-refractivity contribution in [1.29, 1.82) is 0 Å². The quantitative estimate of drug-likeness (QED) is 0.543. The van der Waals surface area contributed by atoms with Crippen molar-refractivity contribution in [3.8, 4) is 5.75 Å². The molecule has 0 heterocycles. The maximum Gasteiger partial charge on any atom is 0.293 e. The maximum absolute atomic E-state index is 11.7. The summed E-state index contributed by atoms with van der Waals surface area (Å²) in [6.07, 6.45) is 1.02. The minimum absolute atomic E-state index is 0.0747. The molecule has 0 aliphatic rings. The van der Waals surface area contributed by atoms with Gasteiger partial charge >= 0.3 is 0 Å². The van der Waals surface area contributed by atoms with Gasteiger partial charge in [0.15, 0.2) is 9.84 Å². The molecule has 2 aromatic carbocycles. The third-order valence-corrected chi connectivity index (χ3v) is 5.29. The first-order valence-corrected chi connectivity index (χ1v) is 10.1. The second-order valence-corrected chi connectivity index (χ2v) is 8.36. The van der Waals surface area contributed by atoms with Crippen LogP contribution < -0.4 is 10.1 Å². The van der Waals surface area contributed by atoms with Crippen LogP contribution in [-0.4, -0.2) is 52.2 Å². The predicted octanol–water partition coefficient (Wildman–Crippen LogP) is 2.72. The lowest BCUT2D eigenvalue weighted by Crippen LogP contribution is -2.27. The van der Waals surface area contributed by atoms with Gasteiger partial charge in [0.25, 0.3) is 5.69 Å². The van der Waals surface area contributed by atoms with Crippen molar-refractivity contribution in [2.45, 2.75) is 10.9 Å². The highest BCUT2D eigenvalue weighted by Crippen LogP contribution is 2.29. The minimum atomic E-state index is -3.53. The molecule has 2 aromatic rings. The van der Waals surface area contributed by atoms with Crippen LogP contribution >= 0.6 is 0 Å². The van der Waals surface area contributed by atoms with Crippen LogP contribution in [-0.2, 0) is 9.84 Å². The van der Waals surface area contributed by atoms with Crippen molar-refractivity contribution >= 4 is 21.2 Å². The summed E-state index contributed by atoms with van der Waals surface area (Å²) in [4.78, 5) is 12.7. The van der Waals surface area contributed by atoms with Gasteiger partial charge in [-0.05, 0) is 43.9 Å². The zero-order valence-electron chi connectivity index (χ0n) is 15.7. The summed E-state index contributed by atoms with van der Waals surface area (Å²) in [6.45, 7) is 0.388. The first-order chi connectivity index (χ1) is 12.6. The highest BCUT2D eigenvalue weighted by molar-refractivity contribution is 7.90. The lowest BCUT2D eigenvalue weighted by molar-refractivity contribution is -0.384. The molecule has 0 saturated heterocycles. The molecule has 0 spiro atoms. The number of benzene rings is 2. The first-order valence-electron chi connectivity index (χ1n) is 8.16. The van der Waals surface area contributed by atoms with Crippen LogP contribution in [0.5, 0.6) is 5.75 Å². The van der Waals surface area contributed by atoms with Gasteiger partial charge < -0.3 is 15.0 Å². The number of methoxy groups -OCH3 is 1. The van der Waals surface area contributed by atoms with Gasteiger partial charge in [-0.1, -0.05) is 12.1 Å². The molecule has 0 saturated carbocycles. The molecule has 0 aliphatic heterocycles. The van der Waals surface area contributed by atoms with E-state index in [-0.39, 0.29) is 22.3 Å². The van der Waals surface area contributed by atoms with Crippen LogP contribution in [0.2, 0.25) is 0 Å². The zero-order valence-corrected chi connectivity index (χ0v) is 16.5. The van der Waals surface area contributed by atoms with Crippen molar-refractivity contribution < 1.29 is 18.1 Å². The van der Waals surface area contributed by atoms with Gasteiger partial charge in [0, 0.05) is 18.9 Å². The summed E-state index contributed by atoms with van der Waals surface area (Å²) in [6, 6.07) is 11.4. The molecule has 0 radical (unpaired) electrons. The Balaban J connectivity index is 2.30. The Morgan fingerprint density at radius 1 is 1.22 bits per heavy atom. The van der Waals surface area contributed by atoms with Gasteiger partial charge in [-0.2, -0.15) is 0 Å². The van der Waals surface area contributed by atoms with Crippen LogP contribution in [0, 0.1) is 10.1 Å². The standard InChI is InChI=1S/C18H23N3O5S/c1-20(2)18(13-6-5-7-14(10-13)26-3)12-19-16-9-8-15(27(4,24)25)11-17(16)21(22)23/h5-11,18-19H,12H2,1-4H3/t18-/m1/s1. The monoisotopic (exact) mass is 393 g/mol. The van der Waals surface area contributed by atoms with Crippen molar-refractivity contribution in [3.05, 3.63) is 58.1 Å². The molecular weight excluding hydrogens is 370 g/mol. The van der Waals surface area contributed by atoms with E-state index < -0.39 is 14.8 Å². The largest absolute Gasteiger partial charge is 0.497 e. The van der Waals surface area contributed by atoms with E-state index in [1.807, 2.05) is 43.3 Å². The summed E-state index contributed by atoms with van der Waals surface area (Å²) in [5, 5.41) is 14.4. The predicted molar refractivity (Wildman–Crippen MR) is 104 cm³/mol. The van der Waals surface area contributed by atoms with Gasteiger partial charge in [-0.25, -0.2) is 8.42 Å². The fraction of sp³-hybridized carbons (Fsp3) is 0.333. The molecule has 9 heteroatoms. The number of anilines is 1. The molecule has 0 amide bonds. The van der Waals surface area contributed by atoms with Crippen LogP contribution in [0.15, 0.2) is 47.4 Å². The summed E-state index contributed by atoms with van der Waals surface area (Å²) >= 11 is 0. The van der Waals surface area contributed by atoms with Crippen molar-refractivity contribution in [1.82, 2.24) is 4.90 Å². The lowest BCUT2D eigenvalue weighted by atomic mass is 10.1. The first kappa shape index (κ1) is 20.7. The highest BCUT2D eigenvalue weighted by Gasteiger charge is 2.21. The minimum Gasteiger partial charge on any atom is -0.497 e. The number of hydrogen-bond acceptors (Lipinski definition) is 7. The van der Waals surface area contributed by atoms with E-state index in [1.165, 1.54) is 12.1 Å². The number of hydrogen-bond donors (Lipinski definition) is 1. The maximum atomic E-state index is 11.7. The Morgan fingerprint density at radius 2 is 1.93 bits per heavy atom. The molecule has 0 aromatic heterocycles. The Labute approximate surface area is 158 Å². The van der Waals surface area contributed by atoms with Gasteiger partial charge in [-0.3, -0.25) is 10.1 Å². The van der Waals surface area contributed by atoms with E-state index in [1.54, 1.807) is 7.11 Å². The average molecular weight is 393 g/mol. The van der Waals surface area contributed by atoms with Crippen molar-refractivity contribution in [2.24, 2.45) is 0 Å². The summed E-state index contributed by atoms with van der Waals surface area (Å²) in [5.41, 5.74) is 0.977. The lowest BCUT2D eigenvalue weighted by Gasteiger charge is -2.26. The Bertz CT molecular complexity index is 928. The third kappa shape index (κ3) is 5.18. The fourth-order valence-electron chi connectivity index (χ4n) is 2.70. The van der Waals surface area contributed by atoms with Gasteiger partial charge in [-0.15, -0.1) is 0 Å². The number of nitrogens with zero attached hydrogens (tertiary/aromatic N) is 2. The van der Waals surface area contributed by atoms with Crippen LogP contribution in [0.1, 0.15) is 11.6 Å². The van der Waals surface area contributed by atoms with E-state index in [0.717, 1.165) is 23.6 Å². The summed E-state index contributed by atoms with van der Waals surface area (Å²) in [7, 11) is 1.89. The number of nitrogens with one attached hydrogen (secondary N) is 1. The molecule has 146 valence electrons. The van der Waals surface area contributed by atoms with Crippen molar-refractivity contribution in [2.75, 3.05) is 39.3 Å². The molecule has 0 fully saturated rings. The SMILES string of the molecule is COc1cccc([C@@H](CNc2ccc(S(C)(=O)=O)cc2[N+](=O)[O-])N(C)C)c1. The van der Waals surface area contributed by atoms with E-state index in [0.29, 0.717) is 6.54 Å². The van der Waals surface area contributed by atoms with Gasteiger partial charge in [0.05, 0.1) is 23.0 Å². The van der Waals surface area contributed by atoms with E-state index in [2.05, 4.69) is 5.32 Å². The second-order valence-electron chi connectivity index (χ2n) is 6.35. The Hall–Kier alpha value is -2.65. The van der Waals surface area contributed by atoms with Gasteiger partial charge in [0.1, 0.15) is 11.4 Å². The topological polar surface area (TPSA) is 102 Å². The molecule has 0 unspecified atom stereocenters. The molecule has 2 rings (SSSR count). The molecule has 8 nitrogen and oxygen atoms in total. The molecule has 1 N–H and O–H groups in total. The van der Waals surface area contributed by atoms with E-state index >= 15 is 0 Å². The number of sulfone groups is 1. The van der Waals surface area contributed by atoms with Crippen molar-refractivity contribution in [3.63, 3.8) is 0 Å². The average Bonchev–Trinajstić information content (AvgIpc) is 2.60. The number of nitro groups is 1. The number of likely N-dealkylation sites (N-methyl/N-ethyl adjacent to an activating group) is 1. The molecule has 0 bridgehead atoms. The number of nitro benzene ring substituents is 1. The molecule has 0 aliphatic carbocycles. The van der Waals surface area contributed by atoms with Crippen LogP contribution in [0.3, 0.4) is 0 Å². The normalized spacial score (nSPS) is 12.6. The molecular formula is C18H23N3O5S. The molecule has 27 heavy (non-hydrogen) atoms. The van der Waals surface area contributed by atoms with E-state index in [4.69, 9.17) is 4.74 Å². The Kier molecular flexibility index (Phi) is 6.40. The number of ether oxygens (including phenoxy) is 1. The third-order valence-electron chi connectivity index (χ3n) is 4.18. The van der Waals surface area contributed by atoms with Gasteiger partial charge in [0.2, 0.25) is 0 Å². The summed E-state index contributed by atoms with van der Waals surface area (Å²) < 4.78 is 28.6. The summed E-state index contributed by atoms with van der Waals surface area (Å²) in [5.74, 6) is 0.725. The highest BCUT2D eigenvalue weighted by atomic mass is 32.2. The Morgan fingerprint density at radius 3 is 2.48 bits per heavy atom. The van der Waals surface area contributed by atoms with Crippen LogP contribution in [0.25, 0.3) is 0 Å². The van der Waals surface area contributed by atoms with Crippen LogP contribution in [0.4, 0.5) is 11.4 Å². The smallest absolute Gasteiger partial charge is 0.293 e. The second kappa shape index (κ2) is 8.36.